The van der Waals surface area contributed by atoms with Gasteiger partial charge in [-0.25, -0.2) is 10.8 Å². The highest BCUT2D eigenvalue weighted by Gasteiger charge is 1.97. The van der Waals surface area contributed by atoms with Crippen molar-refractivity contribution in [3.63, 3.8) is 0 Å². The minimum absolute atomic E-state index is 0.642. The molecule has 0 saturated carbocycles. The molecular formula is C11H14N4O. The van der Waals surface area contributed by atoms with E-state index in [4.69, 9.17) is 10.3 Å². The molecule has 0 unspecified atom stereocenters. The number of nitrogens with one attached hydrogen (secondary N) is 2. The van der Waals surface area contributed by atoms with Gasteiger partial charge in [0.1, 0.15) is 11.6 Å². The van der Waals surface area contributed by atoms with Crippen LogP contribution in [0.5, 0.6) is 0 Å². The minimum Gasteiger partial charge on any atom is -0.469 e. The third-order valence-corrected chi connectivity index (χ3v) is 2.19. The molecule has 0 aliphatic rings. The van der Waals surface area contributed by atoms with Gasteiger partial charge in [0.15, 0.2) is 0 Å². The first-order valence-electron chi connectivity index (χ1n) is 5.07. The normalized spacial score (nSPS) is 10.1. The van der Waals surface area contributed by atoms with Crippen LogP contribution in [0.1, 0.15) is 5.76 Å². The number of nitrogens with two attached hydrogens (primary N) is 1. The Bertz CT molecular complexity index is 427. The van der Waals surface area contributed by atoms with Crippen molar-refractivity contribution in [1.82, 2.24) is 4.98 Å². The molecular weight excluding hydrogens is 204 g/mol. The van der Waals surface area contributed by atoms with Gasteiger partial charge in [0.25, 0.3) is 0 Å². The number of rotatable bonds is 5. The Kier molecular flexibility index (Phi) is 3.40. The van der Waals surface area contributed by atoms with Crippen molar-refractivity contribution in [2.75, 3.05) is 17.3 Å². The van der Waals surface area contributed by atoms with Gasteiger partial charge in [-0.05, 0) is 18.2 Å². The van der Waals surface area contributed by atoms with Gasteiger partial charge in [0.05, 0.1) is 6.26 Å². The Morgan fingerprint density at radius 3 is 3.06 bits per heavy atom. The highest BCUT2D eigenvalue weighted by atomic mass is 16.3. The first-order chi connectivity index (χ1) is 7.88. The zero-order valence-electron chi connectivity index (χ0n) is 8.81. The van der Waals surface area contributed by atoms with Crippen LogP contribution >= 0.6 is 0 Å². The number of anilines is 2. The van der Waals surface area contributed by atoms with E-state index in [2.05, 4.69) is 15.7 Å². The molecule has 0 fully saturated rings. The van der Waals surface area contributed by atoms with Gasteiger partial charge >= 0.3 is 0 Å². The van der Waals surface area contributed by atoms with Crippen LogP contribution in [0.4, 0.5) is 11.5 Å². The standard InChI is InChI=1S/C11H14N4O/c12-15-11-8-9(3-5-14-11)13-6-4-10-2-1-7-16-10/h1-3,5,7-8H,4,6,12H2,(H2,13,14,15). The second-order valence-electron chi connectivity index (χ2n) is 3.33. The molecule has 0 radical (unpaired) electrons. The molecule has 84 valence electrons. The van der Waals surface area contributed by atoms with E-state index < -0.39 is 0 Å². The van der Waals surface area contributed by atoms with Gasteiger partial charge in [-0.2, -0.15) is 0 Å². The number of aromatic nitrogens is 1. The number of furan rings is 1. The lowest BCUT2D eigenvalue weighted by atomic mass is 10.3. The monoisotopic (exact) mass is 218 g/mol. The van der Waals surface area contributed by atoms with E-state index in [-0.39, 0.29) is 0 Å². The molecule has 2 aromatic rings. The summed E-state index contributed by atoms with van der Waals surface area (Å²) in [5.41, 5.74) is 3.48. The third kappa shape index (κ3) is 2.74. The topological polar surface area (TPSA) is 76.1 Å². The SMILES string of the molecule is NNc1cc(NCCc2ccco2)ccn1. The summed E-state index contributed by atoms with van der Waals surface area (Å²) in [6.45, 7) is 0.807. The molecule has 0 saturated heterocycles. The van der Waals surface area contributed by atoms with Crippen LogP contribution in [0, 0.1) is 0 Å². The summed E-state index contributed by atoms with van der Waals surface area (Å²) in [5.74, 6) is 6.88. The smallest absolute Gasteiger partial charge is 0.141 e. The van der Waals surface area contributed by atoms with Crippen LogP contribution in [-0.2, 0) is 6.42 Å². The van der Waals surface area contributed by atoms with Crippen molar-refractivity contribution in [2.24, 2.45) is 5.84 Å². The molecule has 2 rings (SSSR count). The van der Waals surface area contributed by atoms with Gasteiger partial charge in [-0.3, -0.25) is 0 Å². The molecule has 0 atom stereocenters. The molecule has 5 nitrogen and oxygen atoms in total. The number of nitrogen functional groups attached to an aromatic ring is 1. The Hall–Kier alpha value is -2.01. The third-order valence-electron chi connectivity index (χ3n) is 2.19. The highest BCUT2D eigenvalue weighted by molar-refractivity contribution is 5.51. The first-order valence-corrected chi connectivity index (χ1v) is 5.07. The van der Waals surface area contributed by atoms with Crippen molar-refractivity contribution in [2.45, 2.75) is 6.42 Å². The summed E-state index contributed by atoms with van der Waals surface area (Å²) in [4.78, 5) is 4.02. The molecule has 0 aliphatic heterocycles. The lowest BCUT2D eigenvalue weighted by molar-refractivity contribution is 0.513. The second kappa shape index (κ2) is 5.18. The van der Waals surface area contributed by atoms with E-state index in [0.717, 1.165) is 24.4 Å². The largest absolute Gasteiger partial charge is 0.469 e. The number of nitrogens with zero attached hydrogens (tertiary/aromatic N) is 1. The van der Waals surface area contributed by atoms with Crippen molar-refractivity contribution in [1.29, 1.82) is 0 Å². The Balaban J connectivity index is 1.85. The van der Waals surface area contributed by atoms with E-state index in [0.29, 0.717) is 5.82 Å². The zero-order chi connectivity index (χ0) is 11.2. The predicted molar refractivity (Wildman–Crippen MR) is 62.9 cm³/mol. The predicted octanol–water partition coefficient (Wildman–Crippen LogP) is 1.61. The van der Waals surface area contributed by atoms with Crippen molar-refractivity contribution in [3.05, 3.63) is 42.5 Å². The highest BCUT2D eigenvalue weighted by Crippen LogP contribution is 2.11. The number of hydrogen-bond acceptors (Lipinski definition) is 5. The Morgan fingerprint density at radius 1 is 1.38 bits per heavy atom. The Morgan fingerprint density at radius 2 is 2.31 bits per heavy atom. The first kappa shape index (κ1) is 10.5. The van der Waals surface area contributed by atoms with Gasteiger partial charge in [-0.1, -0.05) is 0 Å². The molecule has 2 aromatic heterocycles. The van der Waals surface area contributed by atoms with Gasteiger partial charge < -0.3 is 15.2 Å². The summed E-state index contributed by atoms with van der Waals surface area (Å²) in [6.07, 6.45) is 4.23. The lowest BCUT2D eigenvalue weighted by Gasteiger charge is -2.06. The lowest BCUT2D eigenvalue weighted by Crippen LogP contribution is -2.09. The van der Waals surface area contributed by atoms with E-state index in [1.807, 2.05) is 24.3 Å². The fourth-order valence-electron chi connectivity index (χ4n) is 1.40. The Labute approximate surface area is 93.6 Å². The molecule has 2 heterocycles. The molecule has 16 heavy (non-hydrogen) atoms. The van der Waals surface area contributed by atoms with Crippen LogP contribution in [0.15, 0.2) is 41.1 Å². The van der Waals surface area contributed by atoms with Crippen LogP contribution in [0.25, 0.3) is 0 Å². The molecule has 0 bridgehead atoms. The quantitative estimate of drug-likeness (QED) is 0.525. The summed E-state index contributed by atoms with van der Waals surface area (Å²) >= 11 is 0. The van der Waals surface area contributed by atoms with E-state index in [1.54, 1.807) is 12.5 Å². The van der Waals surface area contributed by atoms with E-state index >= 15 is 0 Å². The fourth-order valence-corrected chi connectivity index (χ4v) is 1.40. The maximum Gasteiger partial charge on any atom is 0.141 e. The fraction of sp³-hybridized carbons (Fsp3) is 0.182. The zero-order valence-corrected chi connectivity index (χ0v) is 8.81. The maximum atomic E-state index is 5.27. The molecule has 0 amide bonds. The van der Waals surface area contributed by atoms with Crippen LogP contribution in [0.2, 0.25) is 0 Å². The summed E-state index contributed by atoms with van der Waals surface area (Å²) in [6, 6.07) is 7.59. The molecule has 0 aromatic carbocycles. The van der Waals surface area contributed by atoms with Gasteiger partial charge in [-0.15, -0.1) is 0 Å². The van der Waals surface area contributed by atoms with Crippen molar-refractivity contribution in [3.8, 4) is 0 Å². The van der Waals surface area contributed by atoms with E-state index in [1.165, 1.54) is 0 Å². The van der Waals surface area contributed by atoms with Gasteiger partial charge in [0, 0.05) is 30.9 Å². The van der Waals surface area contributed by atoms with Crippen LogP contribution < -0.4 is 16.6 Å². The van der Waals surface area contributed by atoms with Crippen LogP contribution in [-0.4, -0.2) is 11.5 Å². The maximum absolute atomic E-state index is 5.27. The minimum atomic E-state index is 0.642. The average molecular weight is 218 g/mol. The number of pyridine rings is 1. The molecule has 4 N–H and O–H groups in total. The molecule has 5 heteroatoms. The molecule has 0 spiro atoms. The molecule has 0 aliphatic carbocycles. The number of hydrazine groups is 1. The van der Waals surface area contributed by atoms with E-state index in [9.17, 15) is 0 Å². The summed E-state index contributed by atoms with van der Waals surface area (Å²) < 4.78 is 5.23. The van der Waals surface area contributed by atoms with Crippen molar-refractivity contribution >= 4 is 11.5 Å². The summed E-state index contributed by atoms with van der Waals surface area (Å²) in [5, 5.41) is 3.26. The second-order valence-corrected chi connectivity index (χ2v) is 3.33. The van der Waals surface area contributed by atoms with Crippen LogP contribution in [0.3, 0.4) is 0 Å². The summed E-state index contributed by atoms with van der Waals surface area (Å²) in [7, 11) is 0. The number of hydrogen-bond donors (Lipinski definition) is 3. The van der Waals surface area contributed by atoms with Crippen molar-refractivity contribution < 1.29 is 4.42 Å². The average Bonchev–Trinajstić information content (AvgIpc) is 2.82. The van der Waals surface area contributed by atoms with Gasteiger partial charge in [0.2, 0.25) is 0 Å².